The molecule has 0 spiro atoms. The standard InChI is InChI=1S/C14H19F3N4/c15-14(16,17)11-3-7-21(8-4-11)13-9-12(18-10-19-13)20-5-1-2-6-20/h9-11H,1-8H2. The van der Waals surface area contributed by atoms with Crippen LogP contribution in [-0.4, -0.2) is 42.3 Å². The van der Waals surface area contributed by atoms with Gasteiger partial charge in [0.1, 0.15) is 18.0 Å². The van der Waals surface area contributed by atoms with E-state index < -0.39 is 12.1 Å². The summed E-state index contributed by atoms with van der Waals surface area (Å²) >= 11 is 0. The van der Waals surface area contributed by atoms with Gasteiger partial charge in [-0.1, -0.05) is 0 Å². The second-order valence-electron chi connectivity index (χ2n) is 5.73. The van der Waals surface area contributed by atoms with Gasteiger partial charge in [0.25, 0.3) is 0 Å². The molecule has 0 unspecified atom stereocenters. The summed E-state index contributed by atoms with van der Waals surface area (Å²) in [6, 6.07) is 1.90. The second-order valence-corrected chi connectivity index (χ2v) is 5.73. The monoisotopic (exact) mass is 300 g/mol. The number of piperidine rings is 1. The first-order valence-corrected chi connectivity index (χ1v) is 7.43. The molecule has 0 aliphatic carbocycles. The summed E-state index contributed by atoms with van der Waals surface area (Å²) in [6.07, 6.45) is 0.0586. The average molecular weight is 300 g/mol. The molecule has 2 aliphatic heterocycles. The third-order valence-electron chi connectivity index (χ3n) is 4.35. The van der Waals surface area contributed by atoms with E-state index >= 15 is 0 Å². The van der Waals surface area contributed by atoms with E-state index in [9.17, 15) is 13.2 Å². The first kappa shape index (κ1) is 14.4. The Morgan fingerprint density at radius 1 is 0.905 bits per heavy atom. The first-order valence-electron chi connectivity index (χ1n) is 7.43. The van der Waals surface area contributed by atoms with Crippen LogP contribution in [0.5, 0.6) is 0 Å². The average Bonchev–Trinajstić information content (AvgIpc) is 3.01. The summed E-state index contributed by atoms with van der Waals surface area (Å²) in [5.41, 5.74) is 0. The number of anilines is 2. The molecule has 0 bridgehead atoms. The van der Waals surface area contributed by atoms with Gasteiger partial charge in [-0.2, -0.15) is 13.2 Å². The van der Waals surface area contributed by atoms with Gasteiger partial charge >= 0.3 is 6.18 Å². The van der Waals surface area contributed by atoms with Gasteiger partial charge in [0.2, 0.25) is 0 Å². The molecule has 3 rings (SSSR count). The molecular formula is C14H19F3N4. The maximum atomic E-state index is 12.7. The fraction of sp³-hybridized carbons (Fsp3) is 0.714. The van der Waals surface area contributed by atoms with Gasteiger partial charge in [-0.15, -0.1) is 0 Å². The van der Waals surface area contributed by atoms with E-state index in [2.05, 4.69) is 14.9 Å². The topological polar surface area (TPSA) is 32.3 Å². The van der Waals surface area contributed by atoms with Crippen LogP contribution in [0.4, 0.5) is 24.8 Å². The summed E-state index contributed by atoms with van der Waals surface area (Å²) in [4.78, 5) is 12.6. The highest BCUT2D eigenvalue weighted by Gasteiger charge is 2.41. The second kappa shape index (κ2) is 5.69. The fourth-order valence-corrected chi connectivity index (χ4v) is 3.07. The molecule has 0 saturated carbocycles. The molecule has 1 aromatic rings. The van der Waals surface area contributed by atoms with Gasteiger partial charge in [-0.25, -0.2) is 9.97 Å². The van der Waals surface area contributed by atoms with Crippen LogP contribution in [0.25, 0.3) is 0 Å². The minimum absolute atomic E-state index is 0.145. The van der Waals surface area contributed by atoms with Crippen molar-refractivity contribution in [3.63, 3.8) is 0 Å². The molecule has 3 heterocycles. The van der Waals surface area contributed by atoms with Crippen LogP contribution in [0.1, 0.15) is 25.7 Å². The highest BCUT2D eigenvalue weighted by atomic mass is 19.4. The number of alkyl halides is 3. The van der Waals surface area contributed by atoms with Crippen LogP contribution < -0.4 is 9.80 Å². The van der Waals surface area contributed by atoms with Crippen LogP contribution in [0.2, 0.25) is 0 Å². The van der Waals surface area contributed by atoms with E-state index in [1.807, 2.05) is 11.0 Å². The Morgan fingerprint density at radius 2 is 1.43 bits per heavy atom. The van der Waals surface area contributed by atoms with Crippen LogP contribution >= 0.6 is 0 Å². The van der Waals surface area contributed by atoms with Crippen molar-refractivity contribution >= 4 is 11.6 Å². The van der Waals surface area contributed by atoms with E-state index in [4.69, 9.17) is 0 Å². The zero-order chi connectivity index (χ0) is 14.9. The van der Waals surface area contributed by atoms with Crippen molar-refractivity contribution in [1.82, 2.24) is 9.97 Å². The Morgan fingerprint density at radius 3 is 1.95 bits per heavy atom. The quantitative estimate of drug-likeness (QED) is 0.840. The summed E-state index contributed by atoms with van der Waals surface area (Å²) < 4.78 is 38.1. The van der Waals surface area contributed by atoms with Crippen LogP contribution in [-0.2, 0) is 0 Å². The van der Waals surface area contributed by atoms with Gasteiger partial charge in [0.15, 0.2) is 0 Å². The lowest BCUT2D eigenvalue weighted by atomic mass is 9.96. The first-order chi connectivity index (χ1) is 10.0. The molecule has 2 aliphatic rings. The molecule has 0 aromatic carbocycles. The smallest absolute Gasteiger partial charge is 0.356 e. The van der Waals surface area contributed by atoms with E-state index in [0.717, 1.165) is 37.6 Å². The maximum absolute atomic E-state index is 12.7. The van der Waals surface area contributed by atoms with Crippen LogP contribution in [0, 0.1) is 5.92 Å². The Bertz CT molecular complexity index is 477. The largest absolute Gasteiger partial charge is 0.391 e. The molecule has 4 nitrogen and oxygen atoms in total. The molecule has 2 saturated heterocycles. The highest BCUT2D eigenvalue weighted by molar-refractivity contribution is 5.50. The van der Waals surface area contributed by atoms with Gasteiger partial charge < -0.3 is 9.80 Å². The maximum Gasteiger partial charge on any atom is 0.391 e. The number of aromatic nitrogens is 2. The molecule has 2 fully saturated rings. The molecule has 0 radical (unpaired) electrons. The Kier molecular flexibility index (Phi) is 3.91. The molecule has 116 valence electrons. The Hall–Kier alpha value is -1.53. The van der Waals surface area contributed by atoms with Crippen molar-refractivity contribution in [3.8, 4) is 0 Å². The summed E-state index contributed by atoms with van der Waals surface area (Å²) in [7, 11) is 0. The third kappa shape index (κ3) is 3.22. The van der Waals surface area contributed by atoms with Gasteiger partial charge in [0.05, 0.1) is 5.92 Å². The van der Waals surface area contributed by atoms with Gasteiger partial charge in [-0.3, -0.25) is 0 Å². The predicted molar refractivity (Wildman–Crippen MR) is 74.5 cm³/mol. The number of hydrogen-bond acceptors (Lipinski definition) is 4. The predicted octanol–water partition coefficient (Wildman–Crippen LogP) is 2.86. The van der Waals surface area contributed by atoms with Crippen LogP contribution in [0.15, 0.2) is 12.4 Å². The Labute approximate surface area is 122 Å². The number of nitrogens with zero attached hydrogens (tertiary/aromatic N) is 4. The highest BCUT2D eigenvalue weighted by Crippen LogP contribution is 2.35. The van der Waals surface area contributed by atoms with E-state index in [-0.39, 0.29) is 12.8 Å². The number of hydrogen-bond donors (Lipinski definition) is 0. The van der Waals surface area contributed by atoms with Crippen molar-refractivity contribution in [2.75, 3.05) is 36.0 Å². The van der Waals surface area contributed by atoms with E-state index in [1.165, 1.54) is 6.33 Å². The zero-order valence-electron chi connectivity index (χ0n) is 11.8. The molecule has 21 heavy (non-hydrogen) atoms. The molecule has 1 aromatic heterocycles. The molecule has 0 amide bonds. The van der Waals surface area contributed by atoms with Crippen molar-refractivity contribution in [3.05, 3.63) is 12.4 Å². The summed E-state index contributed by atoms with van der Waals surface area (Å²) in [6.45, 7) is 2.79. The molecule has 0 atom stereocenters. The van der Waals surface area contributed by atoms with E-state index in [0.29, 0.717) is 13.1 Å². The van der Waals surface area contributed by atoms with Crippen molar-refractivity contribution < 1.29 is 13.2 Å². The number of halogens is 3. The van der Waals surface area contributed by atoms with Crippen LogP contribution in [0.3, 0.4) is 0 Å². The van der Waals surface area contributed by atoms with Gasteiger partial charge in [-0.05, 0) is 25.7 Å². The van der Waals surface area contributed by atoms with Gasteiger partial charge in [0, 0.05) is 32.2 Å². The lowest BCUT2D eigenvalue weighted by Crippen LogP contribution is -2.39. The minimum Gasteiger partial charge on any atom is -0.356 e. The Balaban J connectivity index is 1.66. The summed E-state index contributed by atoms with van der Waals surface area (Å²) in [5, 5.41) is 0. The van der Waals surface area contributed by atoms with Crippen molar-refractivity contribution in [1.29, 1.82) is 0 Å². The van der Waals surface area contributed by atoms with E-state index in [1.54, 1.807) is 0 Å². The molecule has 7 heteroatoms. The minimum atomic E-state index is -4.07. The lowest BCUT2D eigenvalue weighted by molar-refractivity contribution is -0.179. The fourth-order valence-electron chi connectivity index (χ4n) is 3.07. The SMILES string of the molecule is FC(F)(F)C1CCN(c2cc(N3CCCC3)ncn2)CC1. The zero-order valence-corrected chi connectivity index (χ0v) is 11.8. The normalized spacial score (nSPS) is 21.1. The van der Waals surface area contributed by atoms with Crippen molar-refractivity contribution in [2.24, 2.45) is 5.92 Å². The lowest BCUT2D eigenvalue weighted by Gasteiger charge is -2.33. The molecular weight excluding hydrogens is 281 g/mol. The molecule has 0 N–H and O–H groups in total. The van der Waals surface area contributed by atoms with Crippen molar-refractivity contribution in [2.45, 2.75) is 31.9 Å². The third-order valence-corrected chi connectivity index (χ3v) is 4.35. The summed E-state index contributed by atoms with van der Waals surface area (Å²) in [5.74, 6) is 0.455. The number of rotatable bonds is 2.